The molecular weight excluding hydrogens is 301 g/mol. The van der Waals surface area contributed by atoms with Crippen molar-refractivity contribution in [1.82, 2.24) is 10.6 Å². The Bertz CT molecular complexity index is 495. The Morgan fingerprint density at radius 2 is 2.00 bits per heavy atom. The van der Waals surface area contributed by atoms with Gasteiger partial charge in [0.15, 0.2) is 0 Å². The maximum Gasteiger partial charge on any atom is 0.239 e. The second-order valence-electron chi connectivity index (χ2n) is 4.39. The molecule has 0 fully saturated rings. The first-order chi connectivity index (χ1) is 9.42. The number of halogens is 2. The Hall–Kier alpha value is -1.30. The molecule has 0 bridgehead atoms. The molecule has 0 saturated carbocycles. The fourth-order valence-corrected chi connectivity index (χ4v) is 2.13. The van der Waals surface area contributed by atoms with Crippen LogP contribution in [0.25, 0.3) is 0 Å². The van der Waals surface area contributed by atoms with Crippen molar-refractivity contribution in [1.29, 1.82) is 0 Å². The van der Waals surface area contributed by atoms with E-state index in [-0.39, 0.29) is 30.9 Å². The number of rotatable bonds is 6. The molecule has 1 aromatic carbocycles. The lowest BCUT2D eigenvalue weighted by Crippen LogP contribution is -2.43. The standard InChI is InChI=1S/C13H17Cl2N3O2/c1-8(18-13(20)7-17-12(19)6-16)4-9-2-3-10(14)5-11(9)15/h2-3,5,8H,4,6-7,16H2,1H3,(H,17,19)(H,18,20). The van der Waals surface area contributed by atoms with E-state index in [0.29, 0.717) is 16.5 Å². The van der Waals surface area contributed by atoms with Crippen molar-refractivity contribution in [2.75, 3.05) is 13.1 Å². The molecule has 0 aliphatic heterocycles. The van der Waals surface area contributed by atoms with E-state index in [1.165, 1.54) is 0 Å². The summed E-state index contributed by atoms with van der Waals surface area (Å²) < 4.78 is 0. The predicted octanol–water partition coefficient (Wildman–Crippen LogP) is 1.12. The molecule has 0 heterocycles. The lowest BCUT2D eigenvalue weighted by atomic mass is 10.1. The van der Waals surface area contributed by atoms with Crippen LogP contribution in [0.15, 0.2) is 18.2 Å². The van der Waals surface area contributed by atoms with Gasteiger partial charge in [-0.15, -0.1) is 0 Å². The topological polar surface area (TPSA) is 84.2 Å². The second-order valence-corrected chi connectivity index (χ2v) is 5.23. The summed E-state index contributed by atoms with van der Waals surface area (Å²) in [7, 11) is 0. The third-order valence-electron chi connectivity index (χ3n) is 2.58. The van der Waals surface area contributed by atoms with Gasteiger partial charge in [0.25, 0.3) is 0 Å². The van der Waals surface area contributed by atoms with Crippen molar-refractivity contribution >= 4 is 35.0 Å². The first kappa shape index (κ1) is 16.8. The van der Waals surface area contributed by atoms with Crippen LogP contribution in [0.4, 0.5) is 0 Å². The van der Waals surface area contributed by atoms with Crippen molar-refractivity contribution in [3.05, 3.63) is 33.8 Å². The van der Waals surface area contributed by atoms with Crippen molar-refractivity contribution in [3.8, 4) is 0 Å². The quantitative estimate of drug-likeness (QED) is 0.735. The Labute approximate surface area is 127 Å². The molecule has 1 unspecified atom stereocenters. The Balaban J connectivity index is 2.44. The Morgan fingerprint density at radius 1 is 1.30 bits per heavy atom. The zero-order valence-electron chi connectivity index (χ0n) is 11.1. The number of benzene rings is 1. The summed E-state index contributed by atoms with van der Waals surface area (Å²) in [6.07, 6.45) is 0.576. The average Bonchev–Trinajstić information content (AvgIpc) is 2.39. The van der Waals surface area contributed by atoms with Crippen molar-refractivity contribution in [2.45, 2.75) is 19.4 Å². The monoisotopic (exact) mass is 317 g/mol. The normalized spacial score (nSPS) is 11.8. The molecule has 1 aromatic rings. The zero-order chi connectivity index (χ0) is 15.1. The first-order valence-corrected chi connectivity index (χ1v) is 6.88. The summed E-state index contributed by atoms with van der Waals surface area (Å²) in [5, 5.41) is 6.30. The van der Waals surface area contributed by atoms with E-state index in [4.69, 9.17) is 28.9 Å². The number of nitrogens with one attached hydrogen (secondary N) is 2. The van der Waals surface area contributed by atoms with Crippen LogP contribution in [0.2, 0.25) is 10.0 Å². The van der Waals surface area contributed by atoms with Gasteiger partial charge in [0, 0.05) is 16.1 Å². The smallest absolute Gasteiger partial charge is 0.239 e. The van der Waals surface area contributed by atoms with E-state index in [2.05, 4.69) is 10.6 Å². The first-order valence-electron chi connectivity index (χ1n) is 6.12. The van der Waals surface area contributed by atoms with E-state index in [1.54, 1.807) is 12.1 Å². The van der Waals surface area contributed by atoms with Crippen LogP contribution in [0.3, 0.4) is 0 Å². The van der Waals surface area contributed by atoms with E-state index in [9.17, 15) is 9.59 Å². The van der Waals surface area contributed by atoms with E-state index in [0.717, 1.165) is 5.56 Å². The van der Waals surface area contributed by atoms with Crippen LogP contribution >= 0.6 is 23.2 Å². The largest absolute Gasteiger partial charge is 0.352 e. The fraction of sp³-hybridized carbons (Fsp3) is 0.385. The van der Waals surface area contributed by atoms with Gasteiger partial charge < -0.3 is 16.4 Å². The number of carbonyl (C=O) groups is 2. The zero-order valence-corrected chi connectivity index (χ0v) is 12.6. The summed E-state index contributed by atoms with van der Waals surface area (Å²) in [6, 6.07) is 5.12. The van der Waals surface area contributed by atoms with E-state index in [1.807, 2.05) is 13.0 Å². The Morgan fingerprint density at radius 3 is 2.60 bits per heavy atom. The summed E-state index contributed by atoms with van der Waals surface area (Å²) in [4.78, 5) is 22.5. The van der Waals surface area contributed by atoms with Gasteiger partial charge in [0.05, 0.1) is 13.1 Å². The van der Waals surface area contributed by atoms with Gasteiger partial charge in [-0.05, 0) is 31.0 Å². The molecule has 0 aromatic heterocycles. The molecule has 0 spiro atoms. The molecule has 20 heavy (non-hydrogen) atoms. The van der Waals surface area contributed by atoms with Crippen LogP contribution in [0.5, 0.6) is 0 Å². The summed E-state index contributed by atoms with van der Waals surface area (Å²) in [5.41, 5.74) is 6.02. The minimum Gasteiger partial charge on any atom is -0.352 e. The van der Waals surface area contributed by atoms with E-state index >= 15 is 0 Å². The lowest BCUT2D eigenvalue weighted by Gasteiger charge is -2.15. The van der Waals surface area contributed by atoms with Crippen LogP contribution in [0.1, 0.15) is 12.5 Å². The minimum atomic E-state index is -0.367. The fourth-order valence-electron chi connectivity index (χ4n) is 1.65. The van der Waals surface area contributed by atoms with Gasteiger partial charge in [0.2, 0.25) is 11.8 Å². The summed E-state index contributed by atoms with van der Waals surface area (Å²) >= 11 is 11.9. The third kappa shape index (κ3) is 5.77. The highest BCUT2D eigenvalue weighted by Gasteiger charge is 2.11. The van der Waals surface area contributed by atoms with E-state index < -0.39 is 0 Å². The van der Waals surface area contributed by atoms with Gasteiger partial charge in [-0.1, -0.05) is 29.3 Å². The van der Waals surface area contributed by atoms with Crippen LogP contribution in [-0.2, 0) is 16.0 Å². The number of hydrogen-bond donors (Lipinski definition) is 3. The van der Waals surface area contributed by atoms with Crippen molar-refractivity contribution < 1.29 is 9.59 Å². The van der Waals surface area contributed by atoms with Gasteiger partial charge in [-0.3, -0.25) is 9.59 Å². The minimum absolute atomic E-state index is 0.0886. The van der Waals surface area contributed by atoms with Gasteiger partial charge in [-0.25, -0.2) is 0 Å². The molecule has 7 heteroatoms. The molecule has 5 nitrogen and oxygen atoms in total. The second kappa shape index (κ2) is 8.09. The van der Waals surface area contributed by atoms with Crippen molar-refractivity contribution in [2.24, 2.45) is 5.73 Å². The third-order valence-corrected chi connectivity index (χ3v) is 3.17. The molecule has 1 atom stereocenters. The molecule has 0 aliphatic carbocycles. The molecule has 0 radical (unpaired) electrons. The van der Waals surface area contributed by atoms with Crippen molar-refractivity contribution in [3.63, 3.8) is 0 Å². The molecular formula is C13H17Cl2N3O2. The molecule has 0 saturated heterocycles. The summed E-state index contributed by atoms with van der Waals surface area (Å²) in [5.74, 6) is -0.641. The highest BCUT2D eigenvalue weighted by Crippen LogP contribution is 2.21. The number of nitrogens with two attached hydrogens (primary N) is 1. The predicted molar refractivity (Wildman–Crippen MR) is 79.8 cm³/mol. The molecule has 0 aliphatic rings. The number of carbonyl (C=O) groups excluding carboxylic acids is 2. The molecule has 110 valence electrons. The molecule has 2 amide bonds. The summed E-state index contributed by atoms with van der Waals surface area (Å²) in [6.45, 7) is 1.63. The highest BCUT2D eigenvalue weighted by atomic mass is 35.5. The van der Waals surface area contributed by atoms with Gasteiger partial charge in [-0.2, -0.15) is 0 Å². The molecule has 1 rings (SSSR count). The highest BCUT2D eigenvalue weighted by molar-refractivity contribution is 6.35. The van der Waals surface area contributed by atoms with Crippen LogP contribution in [0, 0.1) is 0 Å². The van der Waals surface area contributed by atoms with Gasteiger partial charge >= 0.3 is 0 Å². The van der Waals surface area contributed by atoms with Crippen LogP contribution in [-0.4, -0.2) is 30.9 Å². The maximum absolute atomic E-state index is 11.6. The maximum atomic E-state index is 11.6. The Kier molecular flexibility index (Phi) is 6.78. The van der Waals surface area contributed by atoms with Crippen LogP contribution < -0.4 is 16.4 Å². The SMILES string of the molecule is CC(Cc1ccc(Cl)cc1Cl)NC(=O)CNC(=O)CN. The lowest BCUT2D eigenvalue weighted by molar-refractivity contribution is -0.125. The average molecular weight is 318 g/mol. The molecule has 4 N–H and O–H groups in total. The number of amides is 2. The van der Waals surface area contributed by atoms with Gasteiger partial charge in [0.1, 0.15) is 0 Å². The number of hydrogen-bond acceptors (Lipinski definition) is 3.